The van der Waals surface area contributed by atoms with Crippen molar-refractivity contribution in [1.29, 1.82) is 5.26 Å². The molecule has 14 heavy (non-hydrogen) atoms. The Kier molecular flexibility index (Phi) is 3.26. The van der Waals surface area contributed by atoms with E-state index in [1.54, 1.807) is 13.0 Å². The number of nitriles is 1. The van der Waals surface area contributed by atoms with Gasteiger partial charge in [0.25, 0.3) is 0 Å². The fourth-order valence-corrected chi connectivity index (χ4v) is 1.52. The number of hydrogen-bond acceptors (Lipinski definition) is 3. The van der Waals surface area contributed by atoms with Crippen LogP contribution in [0.15, 0.2) is 12.1 Å². The van der Waals surface area contributed by atoms with Gasteiger partial charge in [-0.3, -0.25) is 4.79 Å². The number of nitrogens with zero attached hydrogens (tertiary/aromatic N) is 1. The molecule has 0 atom stereocenters. The van der Waals surface area contributed by atoms with Crippen molar-refractivity contribution in [2.24, 2.45) is 0 Å². The molecule has 0 radical (unpaired) electrons. The summed E-state index contributed by atoms with van der Waals surface area (Å²) < 4.78 is 0. The lowest BCUT2D eigenvalue weighted by Gasteiger charge is -2.06. The Labute approximate surface area is 90.1 Å². The summed E-state index contributed by atoms with van der Waals surface area (Å²) in [6, 6.07) is 4.86. The number of aryl methyl sites for hydroxylation is 1. The van der Waals surface area contributed by atoms with E-state index < -0.39 is 0 Å². The fraction of sp³-hybridized carbons (Fsp3) is 0.200. The van der Waals surface area contributed by atoms with Crippen molar-refractivity contribution in [3.8, 4) is 11.8 Å². The summed E-state index contributed by atoms with van der Waals surface area (Å²) >= 11 is 3.03. The van der Waals surface area contributed by atoms with E-state index in [0.29, 0.717) is 11.1 Å². The summed E-state index contributed by atoms with van der Waals surface area (Å²) in [6.07, 6.45) is 0. The predicted molar refractivity (Wildman–Crippen MR) is 55.7 cm³/mol. The topological polar surface area (TPSA) is 61.1 Å². The van der Waals surface area contributed by atoms with Crippen molar-refractivity contribution < 1.29 is 9.90 Å². The van der Waals surface area contributed by atoms with E-state index in [2.05, 4.69) is 15.9 Å². The van der Waals surface area contributed by atoms with E-state index in [1.165, 1.54) is 6.07 Å². The number of carbonyl (C=O) groups excluding carboxylic acids is 1. The number of carbonyl (C=O) groups is 1. The van der Waals surface area contributed by atoms with Gasteiger partial charge in [-0.15, -0.1) is 0 Å². The highest BCUT2D eigenvalue weighted by Crippen LogP contribution is 2.24. The zero-order chi connectivity index (χ0) is 10.7. The quantitative estimate of drug-likeness (QED) is 0.649. The minimum Gasteiger partial charge on any atom is -0.507 e. The maximum atomic E-state index is 11.5. The molecular weight excluding hydrogens is 246 g/mol. The molecule has 1 N–H and O–H groups in total. The van der Waals surface area contributed by atoms with Crippen molar-refractivity contribution in [2.75, 3.05) is 5.33 Å². The number of phenolic OH excluding ortho intramolecular Hbond substituents is 1. The van der Waals surface area contributed by atoms with Crippen LogP contribution in [-0.2, 0) is 0 Å². The Morgan fingerprint density at radius 1 is 1.64 bits per heavy atom. The SMILES string of the molecule is Cc1ccc(O)c(C#N)c1C(=O)CBr. The summed E-state index contributed by atoms with van der Waals surface area (Å²) in [7, 11) is 0. The second-order valence-corrected chi connectivity index (χ2v) is 3.38. The van der Waals surface area contributed by atoms with Crippen molar-refractivity contribution in [2.45, 2.75) is 6.92 Å². The Hall–Kier alpha value is -1.34. The Morgan fingerprint density at radius 3 is 2.79 bits per heavy atom. The second kappa shape index (κ2) is 4.25. The van der Waals surface area contributed by atoms with Gasteiger partial charge < -0.3 is 5.11 Å². The van der Waals surface area contributed by atoms with Gasteiger partial charge in [0.05, 0.1) is 5.33 Å². The minimum absolute atomic E-state index is 0.0504. The number of alkyl halides is 1. The normalized spacial score (nSPS) is 9.50. The number of rotatable bonds is 2. The van der Waals surface area contributed by atoms with E-state index in [-0.39, 0.29) is 22.4 Å². The van der Waals surface area contributed by atoms with Crippen molar-refractivity contribution in [3.63, 3.8) is 0 Å². The number of ketones is 1. The molecule has 1 aromatic rings. The van der Waals surface area contributed by atoms with Gasteiger partial charge in [0, 0.05) is 5.56 Å². The summed E-state index contributed by atoms with van der Waals surface area (Å²) in [5.74, 6) is -0.350. The first-order valence-corrected chi connectivity index (χ1v) is 5.05. The number of benzene rings is 1. The third kappa shape index (κ3) is 1.78. The van der Waals surface area contributed by atoms with Crippen LogP contribution in [0.5, 0.6) is 5.75 Å². The van der Waals surface area contributed by atoms with Crippen LogP contribution in [0.3, 0.4) is 0 Å². The van der Waals surface area contributed by atoms with Gasteiger partial charge in [-0.05, 0) is 18.6 Å². The summed E-state index contributed by atoms with van der Waals surface area (Å²) in [6.45, 7) is 1.73. The van der Waals surface area contributed by atoms with Gasteiger partial charge in [-0.2, -0.15) is 5.26 Å². The van der Waals surface area contributed by atoms with Crippen LogP contribution < -0.4 is 0 Å². The molecule has 0 saturated heterocycles. The number of phenols is 1. The van der Waals surface area contributed by atoms with Crippen LogP contribution in [0.4, 0.5) is 0 Å². The van der Waals surface area contributed by atoms with Crippen LogP contribution >= 0.6 is 15.9 Å². The van der Waals surface area contributed by atoms with E-state index in [1.807, 2.05) is 6.07 Å². The molecule has 0 aliphatic heterocycles. The zero-order valence-corrected chi connectivity index (χ0v) is 9.13. The number of halogens is 1. The molecule has 0 fully saturated rings. The van der Waals surface area contributed by atoms with Gasteiger partial charge in [0.2, 0.25) is 0 Å². The van der Waals surface area contributed by atoms with E-state index >= 15 is 0 Å². The van der Waals surface area contributed by atoms with Gasteiger partial charge >= 0.3 is 0 Å². The highest BCUT2D eigenvalue weighted by Gasteiger charge is 2.16. The Bertz CT molecular complexity index is 421. The smallest absolute Gasteiger partial charge is 0.175 e. The molecule has 0 bridgehead atoms. The van der Waals surface area contributed by atoms with Crippen molar-refractivity contribution >= 4 is 21.7 Å². The van der Waals surface area contributed by atoms with Gasteiger partial charge in [0.1, 0.15) is 17.4 Å². The average molecular weight is 254 g/mol. The maximum absolute atomic E-state index is 11.5. The maximum Gasteiger partial charge on any atom is 0.175 e. The third-order valence-electron chi connectivity index (χ3n) is 1.90. The highest BCUT2D eigenvalue weighted by molar-refractivity contribution is 9.09. The zero-order valence-electron chi connectivity index (χ0n) is 7.54. The van der Waals surface area contributed by atoms with E-state index in [0.717, 1.165) is 0 Å². The average Bonchev–Trinajstić information content (AvgIpc) is 2.19. The molecule has 4 heteroatoms. The first-order chi connectivity index (χ1) is 6.61. The number of aromatic hydroxyl groups is 1. The second-order valence-electron chi connectivity index (χ2n) is 2.82. The lowest BCUT2D eigenvalue weighted by atomic mass is 9.99. The molecule has 3 nitrogen and oxygen atoms in total. The molecule has 0 amide bonds. The largest absolute Gasteiger partial charge is 0.507 e. The van der Waals surface area contributed by atoms with Crippen LogP contribution in [0.1, 0.15) is 21.5 Å². The lowest BCUT2D eigenvalue weighted by Crippen LogP contribution is -2.06. The first kappa shape index (κ1) is 10.7. The molecule has 0 aliphatic rings. The molecule has 0 spiro atoms. The van der Waals surface area contributed by atoms with E-state index in [4.69, 9.17) is 5.26 Å². The van der Waals surface area contributed by atoms with Crippen molar-refractivity contribution in [3.05, 3.63) is 28.8 Å². The molecule has 0 aromatic heterocycles. The molecule has 72 valence electrons. The lowest BCUT2D eigenvalue weighted by molar-refractivity contribution is 0.102. The van der Waals surface area contributed by atoms with Crippen LogP contribution in [0, 0.1) is 18.3 Å². The predicted octanol–water partition coefficient (Wildman–Crippen LogP) is 2.15. The number of Topliss-reactive ketones (excluding diaryl/α,β-unsaturated/α-hetero) is 1. The molecule has 1 aromatic carbocycles. The molecular formula is C10H8BrNO2. The van der Waals surface area contributed by atoms with Gasteiger partial charge in [0.15, 0.2) is 5.78 Å². The van der Waals surface area contributed by atoms with Gasteiger partial charge in [-0.25, -0.2) is 0 Å². The molecule has 0 unspecified atom stereocenters. The van der Waals surface area contributed by atoms with Gasteiger partial charge in [-0.1, -0.05) is 22.0 Å². The summed E-state index contributed by atoms with van der Waals surface area (Å²) in [4.78, 5) is 11.5. The molecule has 0 aliphatic carbocycles. The minimum atomic E-state index is -0.199. The summed E-state index contributed by atoms with van der Waals surface area (Å²) in [5.41, 5.74) is 1.04. The Balaban J connectivity index is 3.47. The van der Waals surface area contributed by atoms with Crippen LogP contribution in [-0.4, -0.2) is 16.2 Å². The van der Waals surface area contributed by atoms with Crippen molar-refractivity contribution in [1.82, 2.24) is 0 Å². The summed E-state index contributed by atoms with van der Waals surface area (Å²) in [5, 5.41) is 18.3. The first-order valence-electron chi connectivity index (χ1n) is 3.93. The third-order valence-corrected chi connectivity index (χ3v) is 2.41. The molecule has 0 heterocycles. The van der Waals surface area contributed by atoms with Crippen LogP contribution in [0.25, 0.3) is 0 Å². The fourth-order valence-electron chi connectivity index (χ4n) is 1.24. The number of hydrogen-bond donors (Lipinski definition) is 1. The van der Waals surface area contributed by atoms with E-state index in [9.17, 15) is 9.90 Å². The Morgan fingerprint density at radius 2 is 2.29 bits per heavy atom. The monoisotopic (exact) mass is 253 g/mol. The van der Waals surface area contributed by atoms with Crippen LogP contribution in [0.2, 0.25) is 0 Å². The standard InChI is InChI=1S/C10H8BrNO2/c1-6-2-3-8(13)7(5-12)10(6)9(14)4-11/h2-3,13H,4H2,1H3. The molecule has 0 saturated carbocycles. The molecule has 1 rings (SSSR count). The highest BCUT2D eigenvalue weighted by atomic mass is 79.9.